The highest BCUT2D eigenvalue weighted by molar-refractivity contribution is 5.99. The summed E-state index contributed by atoms with van der Waals surface area (Å²) < 4.78 is 33.2. The minimum Gasteiger partial charge on any atom is -0.452 e. The predicted octanol–water partition coefficient (Wildman–Crippen LogP) is 2.45. The molecule has 11 heteroatoms. The molecule has 5 fully saturated rings. The molecule has 1 saturated heterocycles. The van der Waals surface area contributed by atoms with Crippen LogP contribution in [0.2, 0.25) is 0 Å². The largest absolute Gasteiger partial charge is 0.452 e. The Hall–Kier alpha value is -3.24. The number of anilines is 1. The fourth-order valence-electron chi connectivity index (χ4n) is 6.51. The number of ether oxygens (including phenoxy) is 1. The second-order valence-corrected chi connectivity index (χ2v) is 9.94. The monoisotopic (exact) mass is 476 g/mol. The van der Waals surface area contributed by atoms with E-state index < -0.39 is 47.7 Å². The zero-order valence-electron chi connectivity index (χ0n) is 18.5. The first-order valence-electron chi connectivity index (χ1n) is 11.5. The minimum atomic E-state index is -1.21. The van der Waals surface area contributed by atoms with Crippen LogP contribution in [-0.2, 0) is 9.53 Å². The summed E-state index contributed by atoms with van der Waals surface area (Å²) in [6, 6.07) is 0.138. The molecule has 4 saturated carbocycles. The molecule has 4 bridgehead atoms. The third kappa shape index (κ3) is 4.30. The van der Waals surface area contributed by atoms with E-state index in [9.17, 15) is 28.0 Å². The number of esters is 1. The van der Waals surface area contributed by atoms with Crippen LogP contribution in [0.3, 0.4) is 0 Å². The molecule has 4 aliphatic carbocycles. The lowest BCUT2D eigenvalue weighted by Crippen LogP contribution is -2.62. The first kappa shape index (κ1) is 22.5. The molecule has 6 rings (SSSR count). The van der Waals surface area contributed by atoms with Gasteiger partial charge in [0.2, 0.25) is 0 Å². The van der Waals surface area contributed by atoms with Crippen LogP contribution in [0.1, 0.15) is 48.9 Å². The van der Waals surface area contributed by atoms with Crippen LogP contribution >= 0.6 is 0 Å². The van der Waals surface area contributed by atoms with Gasteiger partial charge in [-0.1, -0.05) is 0 Å². The van der Waals surface area contributed by atoms with Crippen LogP contribution in [0.4, 0.5) is 24.1 Å². The predicted molar refractivity (Wildman–Crippen MR) is 115 cm³/mol. The Morgan fingerprint density at radius 3 is 2.29 bits per heavy atom. The maximum atomic E-state index is 14.2. The fraction of sp³-hybridized carbons (Fsp3) is 0.565. The summed E-state index contributed by atoms with van der Waals surface area (Å²) in [7, 11) is 0. The van der Waals surface area contributed by atoms with Gasteiger partial charge in [-0.2, -0.15) is 0 Å². The zero-order chi connectivity index (χ0) is 24.0. The van der Waals surface area contributed by atoms with Gasteiger partial charge in [-0.25, -0.2) is 23.2 Å². The maximum absolute atomic E-state index is 14.2. The lowest BCUT2D eigenvalue weighted by molar-refractivity contribution is -0.123. The van der Waals surface area contributed by atoms with E-state index in [0.717, 1.165) is 30.2 Å². The SMILES string of the molecule is O=C(COC(=O)c1cc(N2CCNC2=O)c(F)cc1F)NC(=O)NC12CC3CC(CC(C3)C1)C2. The molecular weight excluding hydrogens is 450 g/mol. The van der Waals surface area contributed by atoms with Crippen LogP contribution in [0, 0.1) is 29.4 Å². The smallest absolute Gasteiger partial charge is 0.341 e. The molecule has 9 nitrogen and oxygen atoms in total. The highest BCUT2D eigenvalue weighted by Gasteiger charge is 2.51. The molecule has 5 aliphatic rings. The Morgan fingerprint density at radius 2 is 1.71 bits per heavy atom. The molecule has 0 radical (unpaired) electrons. The minimum absolute atomic E-state index is 0.150. The summed E-state index contributed by atoms with van der Waals surface area (Å²) in [4.78, 5) is 49.8. The summed E-state index contributed by atoms with van der Waals surface area (Å²) in [5.74, 6) is -2.43. The van der Waals surface area contributed by atoms with E-state index in [0.29, 0.717) is 23.8 Å². The normalized spacial score (nSPS) is 29.1. The third-order valence-electron chi connectivity index (χ3n) is 7.41. The number of hydrogen-bond donors (Lipinski definition) is 3. The van der Waals surface area contributed by atoms with Gasteiger partial charge in [0.15, 0.2) is 6.61 Å². The van der Waals surface area contributed by atoms with Crippen LogP contribution in [0.5, 0.6) is 0 Å². The molecule has 5 amide bonds. The van der Waals surface area contributed by atoms with E-state index >= 15 is 0 Å². The molecule has 1 aromatic rings. The van der Waals surface area contributed by atoms with Crippen molar-refractivity contribution in [2.45, 2.75) is 44.1 Å². The Kier molecular flexibility index (Phi) is 5.65. The average molecular weight is 476 g/mol. The van der Waals surface area contributed by atoms with Crippen molar-refractivity contribution in [2.24, 2.45) is 17.8 Å². The Morgan fingerprint density at radius 1 is 1.06 bits per heavy atom. The number of imide groups is 1. The van der Waals surface area contributed by atoms with Crippen molar-refractivity contribution in [3.63, 3.8) is 0 Å². The van der Waals surface area contributed by atoms with Gasteiger partial charge >= 0.3 is 18.0 Å². The highest BCUT2D eigenvalue weighted by Crippen LogP contribution is 2.55. The summed E-state index contributed by atoms with van der Waals surface area (Å²) in [6.07, 6.45) is 6.37. The van der Waals surface area contributed by atoms with Crippen molar-refractivity contribution in [3.8, 4) is 0 Å². The average Bonchev–Trinajstić information content (AvgIpc) is 3.16. The van der Waals surface area contributed by atoms with Crippen LogP contribution in [0.25, 0.3) is 0 Å². The maximum Gasteiger partial charge on any atom is 0.341 e. The van der Waals surface area contributed by atoms with Crippen molar-refractivity contribution in [3.05, 3.63) is 29.3 Å². The molecule has 0 atom stereocenters. The number of rotatable bonds is 5. The van der Waals surface area contributed by atoms with Gasteiger partial charge in [-0.3, -0.25) is 15.0 Å². The Bertz CT molecular complexity index is 1030. The van der Waals surface area contributed by atoms with Crippen LogP contribution in [0.15, 0.2) is 12.1 Å². The van der Waals surface area contributed by atoms with Gasteiger partial charge in [0.25, 0.3) is 5.91 Å². The van der Waals surface area contributed by atoms with Gasteiger partial charge in [0.05, 0.1) is 11.3 Å². The number of benzene rings is 1. The number of nitrogens with zero attached hydrogens (tertiary/aromatic N) is 1. The zero-order valence-corrected chi connectivity index (χ0v) is 18.5. The molecule has 182 valence electrons. The summed E-state index contributed by atoms with van der Waals surface area (Å²) >= 11 is 0. The van der Waals surface area contributed by atoms with Crippen molar-refractivity contribution in [2.75, 3.05) is 24.6 Å². The van der Waals surface area contributed by atoms with E-state index in [1.807, 2.05) is 0 Å². The third-order valence-corrected chi connectivity index (χ3v) is 7.41. The number of hydrogen-bond acceptors (Lipinski definition) is 5. The summed E-state index contributed by atoms with van der Waals surface area (Å²) in [6.45, 7) is -0.387. The second kappa shape index (κ2) is 8.52. The molecule has 0 aromatic heterocycles. The second-order valence-electron chi connectivity index (χ2n) is 9.94. The first-order valence-corrected chi connectivity index (χ1v) is 11.5. The van der Waals surface area contributed by atoms with Crippen molar-refractivity contribution < 1.29 is 32.7 Å². The van der Waals surface area contributed by atoms with E-state index in [2.05, 4.69) is 16.0 Å². The summed E-state index contributed by atoms with van der Waals surface area (Å²) in [5, 5.41) is 7.63. The highest BCUT2D eigenvalue weighted by atomic mass is 19.1. The lowest BCUT2D eigenvalue weighted by atomic mass is 9.53. The lowest BCUT2D eigenvalue weighted by Gasteiger charge is -2.56. The number of carbonyl (C=O) groups is 4. The molecule has 0 spiro atoms. The van der Waals surface area contributed by atoms with Crippen molar-refractivity contribution >= 4 is 29.6 Å². The van der Waals surface area contributed by atoms with E-state index in [4.69, 9.17) is 4.74 Å². The van der Waals surface area contributed by atoms with E-state index in [-0.39, 0.29) is 24.3 Å². The van der Waals surface area contributed by atoms with E-state index in [1.54, 1.807) is 0 Å². The number of carbonyl (C=O) groups excluding carboxylic acids is 4. The molecule has 34 heavy (non-hydrogen) atoms. The Balaban J connectivity index is 1.16. The topological polar surface area (TPSA) is 117 Å². The van der Waals surface area contributed by atoms with Gasteiger partial charge in [0.1, 0.15) is 11.6 Å². The first-order chi connectivity index (χ1) is 16.2. The van der Waals surface area contributed by atoms with E-state index in [1.165, 1.54) is 19.3 Å². The molecule has 1 aromatic carbocycles. The van der Waals surface area contributed by atoms with Gasteiger partial charge in [-0.15, -0.1) is 0 Å². The van der Waals surface area contributed by atoms with Gasteiger partial charge < -0.3 is 15.4 Å². The molecule has 1 heterocycles. The standard InChI is InChI=1S/C23H26F2N4O5/c24-16-7-17(25)18(29-2-1-26-22(29)33)6-15(16)20(31)34-11-19(30)27-21(32)28-23-8-12-3-13(9-23)5-14(4-12)10-23/h6-7,12-14H,1-5,8-11H2,(H,26,33)(H2,27,28,30,32). The molecular formula is C23H26F2N4O5. The molecule has 0 unspecified atom stereocenters. The fourth-order valence-corrected chi connectivity index (χ4v) is 6.51. The number of urea groups is 2. The molecule has 1 aliphatic heterocycles. The number of amides is 5. The number of nitrogens with one attached hydrogen (secondary N) is 3. The number of halogens is 2. The van der Waals surface area contributed by atoms with Crippen molar-refractivity contribution in [1.82, 2.24) is 16.0 Å². The van der Waals surface area contributed by atoms with Crippen LogP contribution in [-0.4, -0.2) is 49.2 Å². The van der Waals surface area contributed by atoms with Crippen molar-refractivity contribution in [1.29, 1.82) is 0 Å². The van der Waals surface area contributed by atoms with Crippen LogP contribution < -0.4 is 20.9 Å². The summed E-state index contributed by atoms with van der Waals surface area (Å²) in [5.41, 5.74) is -1.18. The molecule has 3 N–H and O–H groups in total. The van der Waals surface area contributed by atoms with Gasteiger partial charge in [0, 0.05) is 24.7 Å². The van der Waals surface area contributed by atoms with Gasteiger partial charge in [-0.05, 0) is 62.3 Å². The quantitative estimate of drug-likeness (QED) is 0.565. The Labute approximate surface area is 194 Å².